The molecule has 5 N–H and O–H groups in total. The zero-order valence-electron chi connectivity index (χ0n) is 19.4. The third-order valence-corrected chi connectivity index (χ3v) is 6.56. The summed E-state index contributed by atoms with van der Waals surface area (Å²) < 4.78 is 5.50. The van der Waals surface area contributed by atoms with Gasteiger partial charge >= 0.3 is 5.97 Å². The van der Waals surface area contributed by atoms with Gasteiger partial charge in [-0.1, -0.05) is 51.1 Å². The molecule has 0 aromatic heterocycles. The van der Waals surface area contributed by atoms with Crippen LogP contribution in [0.5, 0.6) is 0 Å². The average Bonchev–Trinajstić information content (AvgIpc) is 2.75. The molecule has 2 unspecified atom stereocenters. The predicted molar refractivity (Wildman–Crippen MR) is 121 cm³/mol. The Morgan fingerprint density at radius 2 is 1.91 bits per heavy atom. The highest BCUT2D eigenvalue weighted by Gasteiger charge is 2.35. The molecule has 0 radical (unpaired) electrons. The van der Waals surface area contributed by atoms with Crippen LogP contribution in [-0.2, 0) is 21.4 Å². The van der Waals surface area contributed by atoms with Gasteiger partial charge in [0.1, 0.15) is 6.10 Å². The van der Waals surface area contributed by atoms with Gasteiger partial charge in [-0.05, 0) is 30.0 Å². The van der Waals surface area contributed by atoms with Crippen molar-refractivity contribution in [1.29, 1.82) is 0 Å². The van der Waals surface area contributed by atoms with Crippen molar-refractivity contribution >= 4 is 5.97 Å². The van der Waals surface area contributed by atoms with Crippen molar-refractivity contribution < 1.29 is 35.1 Å². The molecular weight excluding hydrogens is 412 g/mol. The molecule has 2 bridgehead atoms. The molecule has 0 amide bonds. The molecule has 1 aliphatic rings. The summed E-state index contributed by atoms with van der Waals surface area (Å²) in [4.78, 5) is 12.6. The second-order valence-electron chi connectivity index (χ2n) is 9.47. The van der Waals surface area contributed by atoms with E-state index < -0.39 is 41.9 Å². The fourth-order valence-corrected chi connectivity index (χ4v) is 4.01. The van der Waals surface area contributed by atoms with Gasteiger partial charge in [-0.2, -0.15) is 0 Å². The number of hydrogen-bond acceptors (Lipinski definition) is 7. The Kier molecular flexibility index (Phi) is 9.42. The van der Waals surface area contributed by atoms with E-state index in [-0.39, 0.29) is 31.8 Å². The summed E-state index contributed by atoms with van der Waals surface area (Å²) in [5.74, 6) is -1.11. The zero-order chi connectivity index (χ0) is 24.1. The second kappa shape index (κ2) is 11.4. The topological polar surface area (TPSA) is 127 Å². The van der Waals surface area contributed by atoms with Crippen molar-refractivity contribution in [3.8, 4) is 0 Å². The van der Waals surface area contributed by atoms with Crippen LogP contribution in [0, 0.1) is 5.92 Å². The largest absolute Gasteiger partial charge is 0.456 e. The van der Waals surface area contributed by atoms with E-state index in [9.17, 15) is 30.3 Å². The van der Waals surface area contributed by atoms with Crippen LogP contribution in [0.1, 0.15) is 58.1 Å². The Morgan fingerprint density at radius 1 is 1.22 bits per heavy atom. The van der Waals surface area contributed by atoms with Gasteiger partial charge in [-0.25, -0.2) is 4.79 Å². The third kappa shape index (κ3) is 6.62. The Hall–Kier alpha value is -1.77. The molecule has 2 rings (SSSR count). The summed E-state index contributed by atoms with van der Waals surface area (Å²) in [6.07, 6.45) is -3.22. The Labute approximate surface area is 190 Å². The number of ether oxygens (including phenoxy) is 1. The van der Waals surface area contributed by atoms with Crippen LogP contribution in [0.3, 0.4) is 0 Å². The number of aliphatic hydroxyl groups is 5. The van der Waals surface area contributed by atoms with Crippen molar-refractivity contribution in [2.45, 2.75) is 89.3 Å². The Morgan fingerprint density at radius 3 is 2.53 bits per heavy atom. The van der Waals surface area contributed by atoms with Crippen LogP contribution in [-0.4, -0.2) is 68.6 Å². The van der Waals surface area contributed by atoms with Gasteiger partial charge in [0, 0.05) is 37.2 Å². The molecule has 0 saturated heterocycles. The Balaban J connectivity index is 2.42. The number of rotatable bonds is 4. The van der Waals surface area contributed by atoms with E-state index in [1.807, 2.05) is 32.9 Å². The summed E-state index contributed by atoms with van der Waals surface area (Å²) in [6, 6.07) is 7.29. The highest BCUT2D eigenvalue weighted by molar-refractivity contribution is 5.75. The van der Waals surface area contributed by atoms with Crippen molar-refractivity contribution in [3.05, 3.63) is 47.0 Å². The standard InChI is InChI=1S/C25H38O7/c1-5-16(14-26)9-15(2)21-12-19(27)13-22(29)25(3,4)18-8-6-7-17(10-18)11-20(28)23(30)24(31)32-21/h6-10,16,19-23,26-30H,5,11-14H2,1-4H3/b15-9-/t16?,19-,20-,21?,22+,23+/m1/s1. The number of aliphatic hydroxyl groups excluding tert-OH is 5. The lowest BCUT2D eigenvalue weighted by atomic mass is 9.76. The quantitative estimate of drug-likeness (QED) is 0.348. The summed E-state index contributed by atoms with van der Waals surface area (Å²) in [7, 11) is 0. The van der Waals surface area contributed by atoms with Gasteiger partial charge in [-0.15, -0.1) is 0 Å². The average molecular weight is 451 g/mol. The highest BCUT2D eigenvalue weighted by Crippen LogP contribution is 2.32. The minimum atomic E-state index is -1.74. The molecule has 0 aliphatic carbocycles. The predicted octanol–water partition coefficient (Wildman–Crippen LogP) is 1.62. The summed E-state index contributed by atoms with van der Waals surface area (Å²) >= 11 is 0. The number of carbonyl (C=O) groups is 1. The first-order valence-corrected chi connectivity index (χ1v) is 11.3. The smallest absolute Gasteiger partial charge is 0.338 e. The minimum absolute atomic E-state index is 0.0198. The number of hydrogen-bond donors (Lipinski definition) is 5. The molecule has 1 aliphatic heterocycles. The van der Waals surface area contributed by atoms with Gasteiger partial charge in [0.2, 0.25) is 0 Å². The zero-order valence-corrected chi connectivity index (χ0v) is 19.4. The monoisotopic (exact) mass is 450 g/mol. The maximum atomic E-state index is 12.6. The maximum absolute atomic E-state index is 12.6. The third-order valence-electron chi connectivity index (χ3n) is 6.56. The lowest BCUT2D eigenvalue weighted by Gasteiger charge is -2.34. The Bertz CT molecular complexity index is 784. The van der Waals surface area contributed by atoms with Crippen LogP contribution >= 0.6 is 0 Å². The minimum Gasteiger partial charge on any atom is -0.456 e. The molecule has 0 fully saturated rings. The van der Waals surface area contributed by atoms with Crippen molar-refractivity contribution in [3.63, 3.8) is 0 Å². The number of fused-ring (bicyclic) bond motifs is 2. The molecular formula is C25H38O7. The van der Waals surface area contributed by atoms with Gasteiger partial charge < -0.3 is 30.3 Å². The normalized spacial score (nSPS) is 30.8. The first-order chi connectivity index (χ1) is 15.0. The molecule has 1 aromatic carbocycles. The summed E-state index contributed by atoms with van der Waals surface area (Å²) in [6.45, 7) is 7.36. The van der Waals surface area contributed by atoms with E-state index in [1.165, 1.54) is 0 Å². The van der Waals surface area contributed by atoms with Crippen molar-refractivity contribution in [1.82, 2.24) is 0 Å². The van der Waals surface area contributed by atoms with Crippen LogP contribution in [0.4, 0.5) is 0 Å². The number of cyclic esters (lactones) is 1. The number of benzene rings is 1. The van der Waals surface area contributed by atoms with Crippen LogP contribution < -0.4 is 0 Å². The molecule has 180 valence electrons. The van der Waals surface area contributed by atoms with E-state index >= 15 is 0 Å². The summed E-state index contributed by atoms with van der Waals surface area (Å²) in [5.41, 5.74) is 1.50. The molecule has 1 aromatic rings. The summed E-state index contributed by atoms with van der Waals surface area (Å²) in [5, 5.41) is 52.0. The van der Waals surface area contributed by atoms with Crippen LogP contribution in [0.25, 0.3) is 0 Å². The van der Waals surface area contributed by atoms with Crippen LogP contribution in [0.2, 0.25) is 0 Å². The molecule has 7 heteroatoms. The highest BCUT2D eigenvalue weighted by atomic mass is 16.6. The lowest BCUT2D eigenvalue weighted by molar-refractivity contribution is -0.164. The van der Waals surface area contributed by atoms with E-state index in [4.69, 9.17) is 4.74 Å². The van der Waals surface area contributed by atoms with Crippen LogP contribution in [0.15, 0.2) is 35.9 Å². The molecule has 1 heterocycles. The molecule has 6 atom stereocenters. The number of esters is 1. The molecule has 7 nitrogen and oxygen atoms in total. The fourth-order valence-electron chi connectivity index (χ4n) is 4.01. The lowest BCUT2D eigenvalue weighted by Crippen LogP contribution is -2.41. The fraction of sp³-hybridized carbons (Fsp3) is 0.640. The van der Waals surface area contributed by atoms with E-state index in [0.29, 0.717) is 17.6 Å². The molecule has 0 spiro atoms. The molecule has 0 saturated carbocycles. The van der Waals surface area contributed by atoms with E-state index in [2.05, 4.69) is 0 Å². The van der Waals surface area contributed by atoms with Gasteiger partial charge in [0.05, 0.1) is 18.3 Å². The van der Waals surface area contributed by atoms with Crippen molar-refractivity contribution in [2.75, 3.05) is 6.61 Å². The SMILES string of the molecule is CCC(/C=C(/C)C1C[C@@H](O)C[C@H](O)C(C)(C)c2cccc(c2)C[C@@H](O)[C@H](O)C(=O)O1)CO. The van der Waals surface area contributed by atoms with Gasteiger partial charge in [0.15, 0.2) is 6.10 Å². The van der Waals surface area contributed by atoms with Crippen molar-refractivity contribution in [2.24, 2.45) is 5.92 Å². The maximum Gasteiger partial charge on any atom is 0.338 e. The van der Waals surface area contributed by atoms with E-state index in [1.54, 1.807) is 25.1 Å². The van der Waals surface area contributed by atoms with Gasteiger partial charge in [0.25, 0.3) is 0 Å². The molecule has 32 heavy (non-hydrogen) atoms. The first-order valence-electron chi connectivity index (χ1n) is 11.3. The first kappa shape index (κ1) is 26.5. The van der Waals surface area contributed by atoms with Gasteiger partial charge in [-0.3, -0.25) is 0 Å². The second-order valence-corrected chi connectivity index (χ2v) is 9.47. The number of carbonyl (C=O) groups excluding carboxylic acids is 1. The van der Waals surface area contributed by atoms with E-state index in [0.717, 1.165) is 5.56 Å².